The molecule has 6 nitrogen and oxygen atoms in total. The van der Waals surface area contributed by atoms with Crippen molar-refractivity contribution in [3.63, 3.8) is 0 Å². The first-order valence-electron chi connectivity index (χ1n) is 8.64. The third-order valence-corrected chi connectivity index (χ3v) is 4.73. The Kier molecular flexibility index (Phi) is 3.95. The number of amides is 1. The summed E-state index contributed by atoms with van der Waals surface area (Å²) in [5.74, 6) is 0.580. The van der Waals surface area contributed by atoms with Crippen LogP contribution < -0.4 is 5.69 Å². The Bertz CT molecular complexity index is 1010. The highest BCUT2D eigenvalue weighted by Crippen LogP contribution is 2.15. The Balaban J connectivity index is 1.62. The van der Waals surface area contributed by atoms with Gasteiger partial charge in [-0.1, -0.05) is 35.4 Å². The van der Waals surface area contributed by atoms with E-state index in [-0.39, 0.29) is 11.6 Å². The Morgan fingerprint density at radius 3 is 2.19 bits per heavy atom. The maximum atomic E-state index is 12.7. The summed E-state index contributed by atoms with van der Waals surface area (Å²) in [5.41, 5.74) is 3.47. The van der Waals surface area contributed by atoms with E-state index in [1.54, 1.807) is 9.47 Å². The van der Waals surface area contributed by atoms with E-state index < -0.39 is 0 Å². The molecule has 132 valence electrons. The Morgan fingerprint density at radius 2 is 1.54 bits per heavy atom. The molecule has 0 spiro atoms. The molecule has 0 atom stereocenters. The van der Waals surface area contributed by atoms with Gasteiger partial charge in [0.15, 0.2) is 5.82 Å². The summed E-state index contributed by atoms with van der Waals surface area (Å²) < 4.78 is 3.06. The molecule has 0 saturated carbocycles. The van der Waals surface area contributed by atoms with Gasteiger partial charge in [-0.3, -0.25) is 9.36 Å². The van der Waals surface area contributed by atoms with E-state index >= 15 is 0 Å². The van der Waals surface area contributed by atoms with Crippen molar-refractivity contribution in [1.82, 2.24) is 19.2 Å². The number of benzene rings is 2. The molecular formula is C20H20N4O2. The van der Waals surface area contributed by atoms with Gasteiger partial charge in [0.25, 0.3) is 5.91 Å². The van der Waals surface area contributed by atoms with E-state index in [0.29, 0.717) is 31.0 Å². The lowest BCUT2D eigenvalue weighted by molar-refractivity contribution is 0.0706. The lowest BCUT2D eigenvalue weighted by Crippen LogP contribution is -2.40. The minimum absolute atomic E-state index is 0.0337. The predicted molar refractivity (Wildman–Crippen MR) is 98.5 cm³/mol. The molecule has 0 radical (unpaired) electrons. The van der Waals surface area contributed by atoms with Gasteiger partial charge in [-0.05, 0) is 38.1 Å². The molecular weight excluding hydrogens is 328 g/mol. The van der Waals surface area contributed by atoms with Crippen LogP contribution in [0.3, 0.4) is 0 Å². The molecule has 0 fully saturated rings. The largest absolute Gasteiger partial charge is 0.350 e. The Labute approximate surface area is 151 Å². The first kappa shape index (κ1) is 16.3. The molecule has 1 aromatic heterocycles. The third-order valence-electron chi connectivity index (χ3n) is 4.73. The fraction of sp³-hybridized carbons (Fsp3) is 0.250. The fourth-order valence-corrected chi connectivity index (χ4v) is 3.16. The fourth-order valence-electron chi connectivity index (χ4n) is 3.16. The van der Waals surface area contributed by atoms with Crippen LogP contribution in [-0.4, -0.2) is 31.7 Å². The van der Waals surface area contributed by atoms with Crippen LogP contribution >= 0.6 is 0 Å². The van der Waals surface area contributed by atoms with Crippen LogP contribution in [0.1, 0.15) is 27.3 Å². The van der Waals surface area contributed by atoms with Crippen LogP contribution in [0.5, 0.6) is 0 Å². The standard InChI is InChI=1S/C20H20N4O2/c1-14-3-7-16(8-4-14)19(25)22-11-12-23-18(13-22)21-24(20(23)26)17-9-5-15(2)6-10-17/h3-10H,11-13H2,1-2H3. The number of aromatic nitrogens is 3. The van der Waals surface area contributed by atoms with Crippen LogP contribution in [0.15, 0.2) is 53.3 Å². The van der Waals surface area contributed by atoms with Gasteiger partial charge in [0.05, 0.1) is 12.2 Å². The highest BCUT2D eigenvalue weighted by Gasteiger charge is 2.26. The number of nitrogens with zero attached hydrogens (tertiary/aromatic N) is 4. The summed E-state index contributed by atoms with van der Waals surface area (Å²) in [6.07, 6.45) is 0. The SMILES string of the molecule is Cc1ccc(C(=O)N2CCn3c(nn(-c4ccc(C)cc4)c3=O)C2)cc1. The molecule has 4 rings (SSSR count). The summed E-state index contributed by atoms with van der Waals surface area (Å²) in [5, 5.41) is 4.46. The zero-order valence-electron chi connectivity index (χ0n) is 14.8. The third kappa shape index (κ3) is 2.83. The molecule has 0 N–H and O–H groups in total. The number of carbonyl (C=O) groups is 1. The lowest BCUT2D eigenvalue weighted by atomic mass is 10.1. The first-order chi connectivity index (χ1) is 12.5. The van der Waals surface area contributed by atoms with Crippen molar-refractivity contribution in [2.24, 2.45) is 0 Å². The second kappa shape index (κ2) is 6.29. The van der Waals surface area contributed by atoms with E-state index in [4.69, 9.17) is 0 Å². The maximum Gasteiger partial charge on any atom is 0.350 e. The normalized spacial score (nSPS) is 13.5. The van der Waals surface area contributed by atoms with Crippen molar-refractivity contribution in [1.29, 1.82) is 0 Å². The molecule has 1 aliphatic heterocycles. The maximum absolute atomic E-state index is 12.7. The Morgan fingerprint density at radius 1 is 0.923 bits per heavy atom. The van der Waals surface area contributed by atoms with Gasteiger partial charge in [-0.15, -0.1) is 5.10 Å². The molecule has 26 heavy (non-hydrogen) atoms. The number of fused-ring (bicyclic) bond motifs is 1. The monoisotopic (exact) mass is 348 g/mol. The van der Waals surface area contributed by atoms with E-state index in [1.807, 2.05) is 62.4 Å². The van der Waals surface area contributed by atoms with Crippen LogP contribution in [0.4, 0.5) is 0 Å². The molecule has 2 heterocycles. The van der Waals surface area contributed by atoms with Crippen molar-refractivity contribution >= 4 is 5.91 Å². The van der Waals surface area contributed by atoms with Crippen LogP contribution in [0, 0.1) is 13.8 Å². The smallest absolute Gasteiger partial charge is 0.329 e. The molecule has 3 aromatic rings. The van der Waals surface area contributed by atoms with E-state index in [1.165, 1.54) is 4.68 Å². The Hall–Kier alpha value is -3.15. The van der Waals surface area contributed by atoms with Gasteiger partial charge in [0.1, 0.15) is 0 Å². The first-order valence-corrected chi connectivity index (χ1v) is 8.64. The van der Waals surface area contributed by atoms with Gasteiger partial charge in [-0.2, -0.15) is 4.68 Å². The molecule has 0 bridgehead atoms. The van der Waals surface area contributed by atoms with E-state index in [9.17, 15) is 9.59 Å². The predicted octanol–water partition coefficient (Wildman–Crippen LogP) is 2.31. The van der Waals surface area contributed by atoms with Crippen LogP contribution in [0.25, 0.3) is 5.69 Å². The van der Waals surface area contributed by atoms with Gasteiger partial charge in [0.2, 0.25) is 0 Å². The molecule has 0 saturated heterocycles. The number of aryl methyl sites for hydroxylation is 2. The summed E-state index contributed by atoms with van der Waals surface area (Å²) in [6.45, 7) is 5.28. The molecule has 1 amide bonds. The summed E-state index contributed by atoms with van der Waals surface area (Å²) in [7, 11) is 0. The number of hydrogen-bond acceptors (Lipinski definition) is 3. The molecule has 6 heteroatoms. The van der Waals surface area contributed by atoms with Crippen molar-refractivity contribution < 1.29 is 4.79 Å². The molecule has 0 aliphatic carbocycles. The average Bonchev–Trinajstić information content (AvgIpc) is 2.98. The van der Waals surface area contributed by atoms with Gasteiger partial charge >= 0.3 is 5.69 Å². The minimum Gasteiger partial charge on any atom is -0.329 e. The molecule has 2 aromatic carbocycles. The van der Waals surface area contributed by atoms with Crippen molar-refractivity contribution in [3.05, 3.63) is 81.5 Å². The van der Waals surface area contributed by atoms with Gasteiger partial charge < -0.3 is 4.90 Å². The lowest BCUT2D eigenvalue weighted by Gasteiger charge is -2.26. The average molecular weight is 348 g/mol. The van der Waals surface area contributed by atoms with Crippen LogP contribution in [0.2, 0.25) is 0 Å². The molecule has 0 unspecified atom stereocenters. The number of carbonyl (C=O) groups excluding carboxylic acids is 1. The minimum atomic E-state index is -0.161. The quantitative estimate of drug-likeness (QED) is 0.714. The van der Waals surface area contributed by atoms with E-state index in [0.717, 1.165) is 16.8 Å². The van der Waals surface area contributed by atoms with Crippen molar-refractivity contribution in [2.45, 2.75) is 26.9 Å². The summed E-state index contributed by atoms with van der Waals surface area (Å²) in [4.78, 5) is 27.1. The highest BCUT2D eigenvalue weighted by atomic mass is 16.2. The van der Waals surface area contributed by atoms with Crippen molar-refractivity contribution in [2.75, 3.05) is 6.54 Å². The second-order valence-corrected chi connectivity index (χ2v) is 6.69. The zero-order chi connectivity index (χ0) is 18.3. The zero-order valence-corrected chi connectivity index (χ0v) is 14.8. The topological polar surface area (TPSA) is 60.1 Å². The van der Waals surface area contributed by atoms with Crippen molar-refractivity contribution in [3.8, 4) is 5.69 Å². The summed E-state index contributed by atoms with van der Waals surface area (Å²) >= 11 is 0. The van der Waals surface area contributed by atoms with Gasteiger partial charge in [0, 0.05) is 18.7 Å². The molecule has 1 aliphatic rings. The van der Waals surface area contributed by atoms with E-state index in [2.05, 4.69) is 5.10 Å². The number of hydrogen-bond donors (Lipinski definition) is 0. The summed E-state index contributed by atoms with van der Waals surface area (Å²) in [6, 6.07) is 15.2. The number of rotatable bonds is 2. The van der Waals surface area contributed by atoms with Gasteiger partial charge in [-0.25, -0.2) is 4.79 Å². The van der Waals surface area contributed by atoms with Crippen LogP contribution in [-0.2, 0) is 13.1 Å². The second-order valence-electron chi connectivity index (χ2n) is 6.69. The highest BCUT2D eigenvalue weighted by molar-refractivity contribution is 5.94.